The quantitative estimate of drug-likeness (QED) is 0.881. The highest BCUT2D eigenvalue weighted by Crippen LogP contribution is 2.21. The topological polar surface area (TPSA) is 38.0 Å². The van der Waals surface area contributed by atoms with Gasteiger partial charge in [-0.3, -0.25) is 0 Å². The molecule has 1 atom stereocenters. The molecule has 0 saturated carbocycles. The summed E-state index contributed by atoms with van der Waals surface area (Å²) in [5.41, 5.74) is 7.10. The second-order valence-corrected chi connectivity index (χ2v) is 6.39. The summed E-state index contributed by atoms with van der Waals surface area (Å²) in [6.07, 6.45) is 0. The minimum Gasteiger partial charge on any atom is -0.321 e. The number of halogens is 1. The molecule has 0 fully saturated rings. The Kier molecular flexibility index (Phi) is 4.40. The van der Waals surface area contributed by atoms with Crippen LogP contribution in [0.2, 0.25) is 4.34 Å². The number of rotatable bonds is 5. The summed E-state index contributed by atoms with van der Waals surface area (Å²) >= 11 is 7.49. The Morgan fingerprint density at radius 3 is 2.56 bits per heavy atom. The van der Waals surface area contributed by atoms with E-state index in [0.29, 0.717) is 0 Å². The van der Waals surface area contributed by atoms with E-state index < -0.39 is 0 Å². The Labute approximate surface area is 117 Å². The molecule has 0 radical (unpaired) electrons. The van der Waals surface area contributed by atoms with Crippen LogP contribution in [0.5, 0.6) is 0 Å². The van der Waals surface area contributed by atoms with E-state index in [1.807, 2.05) is 37.3 Å². The largest absolute Gasteiger partial charge is 0.321 e. The van der Waals surface area contributed by atoms with Crippen molar-refractivity contribution in [3.05, 3.63) is 57.2 Å². The van der Waals surface area contributed by atoms with E-state index in [9.17, 15) is 0 Å². The molecule has 2 rings (SSSR count). The van der Waals surface area contributed by atoms with Crippen LogP contribution < -0.4 is 11.1 Å². The zero-order valence-corrected chi connectivity index (χ0v) is 11.9. The van der Waals surface area contributed by atoms with E-state index in [4.69, 9.17) is 17.3 Å². The van der Waals surface area contributed by atoms with Crippen LogP contribution in [0.4, 0.5) is 0 Å². The first-order valence-corrected chi connectivity index (χ1v) is 7.07. The van der Waals surface area contributed by atoms with Crippen LogP contribution in [0.15, 0.2) is 42.5 Å². The fraction of sp³-hybridized carbons (Fsp3) is 0.286. The molecule has 2 aromatic rings. The third kappa shape index (κ3) is 3.56. The fourth-order valence-corrected chi connectivity index (χ4v) is 2.87. The number of nitrogens with one attached hydrogen (secondary N) is 1. The van der Waals surface area contributed by atoms with E-state index >= 15 is 0 Å². The van der Waals surface area contributed by atoms with E-state index in [-0.39, 0.29) is 5.54 Å². The number of nitrogens with two attached hydrogens (primary N) is 1. The molecule has 0 bridgehead atoms. The van der Waals surface area contributed by atoms with E-state index in [2.05, 4.69) is 17.4 Å². The molecular weight excluding hydrogens is 264 g/mol. The van der Waals surface area contributed by atoms with Crippen molar-refractivity contribution in [1.82, 2.24) is 5.32 Å². The smallest absolute Gasteiger partial charge is 0.0931 e. The SMILES string of the molecule is CC(N)(CNCc1ccc(Cl)s1)c1ccccc1. The third-order valence-electron chi connectivity index (χ3n) is 2.85. The number of thiophene rings is 1. The third-order valence-corrected chi connectivity index (χ3v) is 4.08. The molecule has 1 heterocycles. The van der Waals surface area contributed by atoms with Gasteiger partial charge >= 0.3 is 0 Å². The molecule has 1 aromatic heterocycles. The van der Waals surface area contributed by atoms with Gasteiger partial charge in [-0.2, -0.15) is 0 Å². The minimum atomic E-state index is -0.359. The first-order chi connectivity index (χ1) is 8.58. The zero-order chi connectivity index (χ0) is 13.0. The lowest BCUT2D eigenvalue weighted by atomic mass is 9.93. The monoisotopic (exact) mass is 280 g/mol. The van der Waals surface area contributed by atoms with Crippen LogP contribution in [0.1, 0.15) is 17.4 Å². The molecule has 1 aromatic carbocycles. The van der Waals surface area contributed by atoms with Gasteiger partial charge in [-0.15, -0.1) is 11.3 Å². The molecule has 0 amide bonds. The molecule has 1 unspecified atom stereocenters. The van der Waals surface area contributed by atoms with E-state index in [1.165, 1.54) is 4.88 Å². The van der Waals surface area contributed by atoms with E-state index in [1.54, 1.807) is 11.3 Å². The maximum Gasteiger partial charge on any atom is 0.0931 e. The molecule has 3 N–H and O–H groups in total. The van der Waals surface area contributed by atoms with Crippen molar-refractivity contribution in [2.75, 3.05) is 6.54 Å². The summed E-state index contributed by atoms with van der Waals surface area (Å²) in [5.74, 6) is 0. The summed E-state index contributed by atoms with van der Waals surface area (Å²) in [7, 11) is 0. The fourth-order valence-electron chi connectivity index (χ4n) is 1.81. The van der Waals surface area contributed by atoms with Gasteiger partial charge in [0.1, 0.15) is 0 Å². The van der Waals surface area contributed by atoms with Crippen molar-refractivity contribution < 1.29 is 0 Å². The second-order valence-electron chi connectivity index (χ2n) is 4.59. The minimum absolute atomic E-state index is 0.359. The van der Waals surface area contributed by atoms with Crippen molar-refractivity contribution >= 4 is 22.9 Å². The second kappa shape index (κ2) is 5.85. The van der Waals surface area contributed by atoms with Gasteiger partial charge in [0.05, 0.1) is 9.88 Å². The summed E-state index contributed by atoms with van der Waals surface area (Å²) in [6.45, 7) is 3.57. The van der Waals surface area contributed by atoms with Crippen molar-refractivity contribution in [2.45, 2.75) is 19.0 Å². The van der Waals surface area contributed by atoms with Gasteiger partial charge in [0.2, 0.25) is 0 Å². The lowest BCUT2D eigenvalue weighted by Gasteiger charge is -2.25. The van der Waals surface area contributed by atoms with Gasteiger partial charge in [0.15, 0.2) is 0 Å². The zero-order valence-electron chi connectivity index (χ0n) is 10.3. The Hall–Kier alpha value is -0.870. The first-order valence-electron chi connectivity index (χ1n) is 5.87. The summed E-state index contributed by atoms with van der Waals surface area (Å²) < 4.78 is 0.824. The number of hydrogen-bond acceptors (Lipinski definition) is 3. The summed E-state index contributed by atoms with van der Waals surface area (Å²) in [5, 5.41) is 3.38. The Morgan fingerprint density at radius 1 is 1.22 bits per heavy atom. The molecule has 4 heteroatoms. The van der Waals surface area contributed by atoms with Gasteiger partial charge < -0.3 is 11.1 Å². The molecule has 0 spiro atoms. The molecule has 18 heavy (non-hydrogen) atoms. The highest BCUT2D eigenvalue weighted by Gasteiger charge is 2.20. The lowest BCUT2D eigenvalue weighted by molar-refractivity contribution is 0.447. The van der Waals surface area contributed by atoms with Crippen LogP contribution in [-0.2, 0) is 12.1 Å². The van der Waals surface area contributed by atoms with E-state index in [0.717, 1.165) is 23.0 Å². The highest BCUT2D eigenvalue weighted by atomic mass is 35.5. The predicted molar refractivity (Wildman–Crippen MR) is 79.0 cm³/mol. The average Bonchev–Trinajstić information content (AvgIpc) is 2.76. The van der Waals surface area contributed by atoms with Crippen molar-refractivity contribution in [3.63, 3.8) is 0 Å². The van der Waals surface area contributed by atoms with Crippen LogP contribution in [0, 0.1) is 0 Å². The molecule has 2 nitrogen and oxygen atoms in total. The van der Waals surface area contributed by atoms with Crippen LogP contribution in [-0.4, -0.2) is 6.54 Å². The molecule has 0 aliphatic rings. The van der Waals surface area contributed by atoms with Crippen molar-refractivity contribution in [1.29, 1.82) is 0 Å². The Bertz CT molecular complexity index is 494. The maximum absolute atomic E-state index is 6.32. The van der Waals surface area contributed by atoms with Crippen LogP contribution in [0.3, 0.4) is 0 Å². The highest BCUT2D eigenvalue weighted by molar-refractivity contribution is 7.16. The lowest BCUT2D eigenvalue weighted by Crippen LogP contribution is -2.43. The molecule has 96 valence electrons. The molecule has 0 aliphatic carbocycles. The average molecular weight is 281 g/mol. The summed E-state index contributed by atoms with van der Waals surface area (Å²) in [6, 6.07) is 14.1. The standard InChI is InChI=1S/C14H17ClN2S/c1-14(16,11-5-3-2-4-6-11)10-17-9-12-7-8-13(15)18-12/h2-8,17H,9-10,16H2,1H3. The molecule has 0 aliphatic heterocycles. The molecular formula is C14H17ClN2S. The van der Waals surface area contributed by atoms with Gasteiger partial charge in [-0.05, 0) is 24.6 Å². The first kappa shape index (κ1) is 13.6. The number of benzene rings is 1. The molecule has 0 saturated heterocycles. The predicted octanol–water partition coefficient (Wildman–Crippen LogP) is 3.37. The Balaban J connectivity index is 1.89. The number of hydrogen-bond donors (Lipinski definition) is 2. The van der Waals surface area contributed by atoms with Crippen LogP contribution >= 0.6 is 22.9 Å². The van der Waals surface area contributed by atoms with Crippen molar-refractivity contribution in [3.8, 4) is 0 Å². The maximum atomic E-state index is 6.32. The summed E-state index contributed by atoms with van der Waals surface area (Å²) in [4.78, 5) is 1.23. The van der Waals surface area contributed by atoms with Crippen LogP contribution in [0.25, 0.3) is 0 Å². The van der Waals surface area contributed by atoms with Crippen molar-refractivity contribution in [2.24, 2.45) is 5.73 Å². The van der Waals surface area contributed by atoms with Gasteiger partial charge in [-0.1, -0.05) is 41.9 Å². The van der Waals surface area contributed by atoms with Gasteiger partial charge in [0.25, 0.3) is 0 Å². The Morgan fingerprint density at radius 2 is 1.94 bits per heavy atom. The van der Waals surface area contributed by atoms with Gasteiger partial charge in [0, 0.05) is 18.0 Å². The normalized spacial score (nSPS) is 14.4. The van der Waals surface area contributed by atoms with Gasteiger partial charge in [-0.25, -0.2) is 0 Å².